The third-order valence-electron chi connectivity index (χ3n) is 5.87. The smallest absolute Gasteiger partial charge is 0.135 e. The summed E-state index contributed by atoms with van der Waals surface area (Å²) in [4.78, 5) is 21.4. The lowest BCUT2D eigenvalue weighted by atomic mass is 10.1. The molecule has 0 aromatic carbocycles. The zero-order valence-corrected chi connectivity index (χ0v) is 18.6. The second-order valence-electron chi connectivity index (χ2n) is 8.09. The molecule has 166 valence electrons. The molecule has 0 amide bonds. The van der Waals surface area contributed by atoms with E-state index < -0.39 is 0 Å². The van der Waals surface area contributed by atoms with Crippen LogP contribution >= 0.6 is 0 Å². The molecule has 6 heterocycles. The largest absolute Gasteiger partial charge is 0.352 e. The standard InChI is InChI=1S/C26H22N8/c1-2-27-11-16-9-18(13-29-12-16)21-3-4-22-25(32-21)26(34-33-22)23-10-19-20(14-30-15-24(19)31-23)17-5-7-28-8-6-17/h3-10,12-15,27,31H,2,11H2,1H3,(H,33,34). The predicted octanol–water partition coefficient (Wildman–Crippen LogP) is 4.73. The third-order valence-corrected chi connectivity index (χ3v) is 5.87. The molecule has 6 rings (SSSR count). The summed E-state index contributed by atoms with van der Waals surface area (Å²) in [5.41, 5.74) is 9.34. The van der Waals surface area contributed by atoms with Crippen LogP contribution in [-0.2, 0) is 6.54 Å². The van der Waals surface area contributed by atoms with Crippen LogP contribution in [0.15, 0.2) is 73.6 Å². The summed E-state index contributed by atoms with van der Waals surface area (Å²) in [6, 6.07) is 12.2. The van der Waals surface area contributed by atoms with Crippen LogP contribution in [-0.4, -0.2) is 41.7 Å². The summed E-state index contributed by atoms with van der Waals surface area (Å²) in [6.07, 6.45) is 11.0. The Kier molecular flexibility index (Phi) is 5.04. The molecule has 3 N–H and O–H groups in total. The van der Waals surface area contributed by atoms with E-state index in [0.717, 1.165) is 74.4 Å². The van der Waals surface area contributed by atoms with Gasteiger partial charge in [-0.1, -0.05) is 6.92 Å². The Morgan fingerprint density at radius 3 is 2.62 bits per heavy atom. The quantitative estimate of drug-likeness (QED) is 0.341. The van der Waals surface area contributed by atoms with Crippen molar-refractivity contribution in [3.05, 3.63) is 79.1 Å². The maximum Gasteiger partial charge on any atom is 0.135 e. The highest BCUT2D eigenvalue weighted by molar-refractivity contribution is 5.99. The number of rotatable bonds is 6. The molecule has 0 aliphatic heterocycles. The van der Waals surface area contributed by atoms with Gasteiger partial charge in [-0.25, -0.2) is 4.98 Å². The fourth-order valence-corrected chi connectivity index (χ4v) is 4.18. The summed E-state index contributed by atoms with van der Waals surface area (Å²) >= 11 is 0. The fourth-order valence-electron chi connectivity index (χ4n) is 4.18. The van der Waals surface area contributed by atoms with Gasteiger partial charge >= 0.3 is 0 Å². The van der Waals surface area contributed by atoms with E-state index >= 15 is 0 Å². The van der Waals surface area contributed by atoms with Crippen LogP contribution < -0.4 is 5.32 Å². The van der Waals surface area contributed by atoms with E-state index in [9.17, 15) is 0 Å². The van der Waals surface area contributed by atoms with Gasteiger partial charge in [-0.3, -0.25) is 20.1 Å². The number of hydrogen-bond acceptors (Lipinski definition) is 6. The van der Waals surface area contributed by atoms with Gasteiger partial charge in [0, 0.05) is 54.0 Å². The van der Waals surface area contributed by atoms with Crippen molar-refractivity contribution in [1.82, 2.24) is 40.4 Å². The molecule has 0 spiro atoms. The summed E-state index contributed by atoms with van der Waals surface area (Å²) < 4.78 is 0. The zero-order chi connectivity index (χ0) is 22.9. The van der Waals surface area contributed by atoms with Crippen molar-refractivity contribution in [2.45, 2.75) is 13.5 Å². The maximum atomic E-state index is 4.96. The SMILES string of the molecule is CCNCc1cncc(-c2ccc3[nH]nc(-c4cc5c(-c6ccncc6)cncc5[nH]4)c3n2)c1. The molecule has 0 aliphatic rings. The highest BCUT2D eigenvalue weighted by Gasteiger charge is 2.16. The van der Waals surface area contributed by atoms with E-state index in [0.29, 0.717) is 0 Å². The van der Waals surface area contributed by atoms with Gasteiger partial charge in [0.25, 0.3) is 0 Å². The first-order chi connectivity index (χ1) is 16.8. The molecule has 0 atom stereocenters. The van der Waals surface area contributed by atoms with E-state index in [2.05, 4.69) is 54.5 Å². The second-order valence-corrected chi connectivity index (χ2v) is 8.09. The van der Waals surface area contributed by atoms with E-state index in [-0.39, 0.29) is 0 Å². The van der Waals surface area contributed by atoms with Crippen LogP contribution in [0.4, 0.5) is 0 Å². The first kappa shape index (κ1) is 20.2. The Morgan fingerprint density at radius 1 is 0.853 bits per heavy atom. The number of hydrogen-bond donors (Lipinski definition) is 3. The number of H-pyrrole nitrogens is 2. The first-order valence-electron chi connectivity index (χ1n) is 11.2. The maximum absolute atomic E-state index is 4.96. The third kappa shape index (κ3) is 3.60. The van der Waals surface area contributed by atoms with Crippen LogP contribution in [0.2, 0.25) is 0 Å². The van der Waals surface area contributed by atoms with E-state index in [1.807, 2.05) is 49.1 Å². The molecule has 8 nitrogen and oxygen atoms in total. The van der Waals surface area contributed by atoms with E-state index in [4.69, 9.17) is 4.98 Å². The molecule has 0 radical (unpaired) electrons. The summed E-state index contributed by atoms with van der Waals surface area (Å²) in [6.45, 7) is 3.78. The molecular weight excluding hydrogens is 424 g/mol. The average molecular weight is 447 g/mol. The lowest BCUT2D eigenvalue weighted by molar-refractivity contribution is 0.724. The van der Waals surface area contributed by atoms with Crippen molar-refractivity contribution in [2.24, 2.45) is 0 Å². The highest BCUT2D eigenvalue weighted by Crippen LogP contribution is 2.33. The number of nitrogens with zero attached hydrogens (tertiary/aromatic N) is 5. The average Bonchev–Trinajstić information content (AvgIpc) is 3.51. The Hall–Kier alpha value is -4.43. The van der Waals surface area contributed by atoms with Crippen molar-refractivity contribution in [2.75, 3.05) is 6.54 Å². The van der Waals surface area contributed by atoms with Crippen molar-refractivity contribution in [3.8, 4) is 33.8 Å². The number of nitrogens with one attached hydrogen (secondary N) is 3. The van der Waals surface area contributed by atoms with Crippen LogP contribution in [0, 0.1) is 0 Å². The molecule has 0 unspecified atom stereocenters. The van der Waals surface area contributed by atoms with Gasteiger partial charge in [0.1, 0.15) is 11.2 Å². The van der Waals surface area contributed by atoms with Crippen LogP contribution in [0.5, 0.6) is 0 Å². The van der Waals surface area contributed by atoms with Gasteiger partial charge in [0.2, 0.25) is 0 Å². The van der Waals surface area contributed by atoms with Crippen LogP contribution in [0.3, 0.4) is 0 Å². The van der Waals surface area contributed by atoms with Crippen molar-refractivity contribution in [3.63, 3.8) is 0 Å². The minimum Gasteiger partial charge on any atom is -0.352 e. The van der Waals surface area contributed by atoms with Crippen molar-refractivity contribution >= 4 is 21.9 Å². The van der Waals surface area contributed by atoms with Gasteiger partial charge < -0.3 is 10.3 Å². The van der Waals surface area contributed by atoms with Crippen LogP contribution in [0.1, 0.15) is 12.5 Å². The summed E-state index contributed by atoms with van der Waals surface area (Å²) in [5, 5.41) is 12.1. The molecule has 0 saturated heterocycles. The van der Waals surface area contributed by atoms with Gasteiger partial charge in [-0.2, -0.15) is 5.10 Å². The van der Waals surface area contributed by atoms with Crippen LogP contribution in [0.25, 0.3) is 55.7 Å². The van der Waals surface area contributed by atoms with E-state index in [1.165, 1.54) is 0 Å². The van der Waals surface area contributed by atoms with Crippen molar-refractivity contribution < 1.29 is 0 Å². The number of fused-ring (bicyclic) bond motifs is 2. The second kappa shape index (κ2) is 8.49. The molecule has 6 aromatic heterocycles. The Bertz CT molecular complexity index is 1600. The first-order valence-corrected chi connectivity index (χ1v) is 11.2. The monoisotopic (exact) mass is 446 g/mol. The molecule has 0 bridgehead atoms. The van der Waals surface area contributed by atoms with Crippen molar-refractivity contribution in [1.29, 1.82) is 0 Å². The summed E-state index contributed by atoms with van der Waals surface area (Å²) in [5.74, 6) is 0. The highest BCUT2D eigenvalue weighted by atomic mass is 15.1. The Morgan fingerprint density at radius 2 is 1.74 bits per heavy atom. The normalized spacial score (nSPS) is 11.4. The molecule has 8 heteroatoms. The minimum atomic E-state index is 0.769. The number of pyridine rings is 4. The Labute approximate surface area is 195 Å². The Balaban J connectivity index is 1.44. The predicted molar refractivity (Wildman–Crippen MR) is 133 cm³/mol. The molecular formula is C26H22N8. The topological polar surface area (TPSA) is 108 Å². The molecule has 34 heavy (non-hydrogen) atoms. The van der Waals surface area contributed by atoms with Gasteiger partial charge in [0.05, 0.1) is 28.6 Å². The molecule has 0 saturated carbocycles. The lowest BCUT2D eigenvalue weighted by Gasteiger charge is -2.05. The molecule has 0 aliphatic carbocycles. The lowest BCUT2D eigenvalue weighted by Crippen LogP contribution is -2.11. The molecule has 0 fully saturated rings. The number of aromatic nitrogens is 7. The fraction of sp³-hybridized carbons (Fsp3) is 0.115. The number of aromatic amines is 2. The van der Waals surface area contributed by atoms with Gasteiger partial charge in [-0.15, -0.1) is 0 Å². The summed E-state index contributed by atoms with van der Waals surface area (Å²) in [7, 11) is 0. The van der Waals surface area contributed by atoms with Gasteiger partial charge in [-0.05, 0) is 54.1 Å². The molecule has 6 aromatic rings. The van der Waals surface area contributed by atoms with E-state index in [1.54, 1.807) is 12.4 Å². The van der Waals surface area contributed by atoms with Gasteiger partial charge in [0.15, 0.2) is 0 Å². The zero-order valence-electron chi connectivity index (χ0n) is 18.6. The minimum absolute atomic E-state index is 0.769.